The molecule has 7 heteroatoms. The van der Waals surface area contributed by atoms with Gasteiger partial charge in [0.15, 0.2) is 6.61 Å². The van der Waals surface area contributed by atoms with Gasteiger partial charge in [-0.15, -0.1) is 12.4 Å². The minimum atomic E-state index is -0.444. The van der Waals surface area contributed by atoms with Gasteiger partial charge in [-0.1, -0.05) is 19.1 Å². The van der Waals surface area contributed by atoms with Crippen molar-refractivity contribution >= 4 is 24.3 Å². The topological polar surface area (TPSA) is 90.6 Å². The highest BCUT2D eigenvalue weighted by molar-refractivity contribution is 5.85. The molecule has 3 N–H and O–H groups in total. The second-order valence-electron chi connectivity index (χ2n) is 4.37. The number of methoxy groups -OCH3 is 1. The third-order valence-corrected chi connectivity index (χ3v) is 2.75. The molecule has 0 saturated heterocycles. The largest absolute Gasteiger partial charge is 0.482 e. The predicted molar refractivity (Wildman–Crippen MR) is 81.3 cm³/mol. The number of carbonyl (C=O) groups excluding carboxylic acids is 2. The molecule has 1 unspecified atom stereocenters. The number of hydrogen-bond donors (Lipinski definition) is 2. The van der Waals surface area contributed by atoms with Crippen LogP contribution < -0.4 is 15.8 Å². The number of carbonyl (C=O) groups is 2. The van der Waals surface area contributed by atoms with Gasteiger partial charge in [-0.25, -0.2) is 4.79 Å². The molecule has 1 amide bonds. The fourth-order valence-corrected chi connectivity index (χ4v) is 1.42. The molecule has 0 spiro atoms. The Balaban J connectivity index is 0.00000400. The van der Waals surface area contributed by atoms with Crippen LogP contribution >= 0.6 is 12.4 Å². The van der Waals surface area contributed by atoms with Crippen LogP contribution in [0.15, 0.2) is 24.3 Å². The molecule has 0 heterocycles. The van der Waals surface area contributed by atoms with Crippen molar-refractivity contribution < 1.29 is 19.1 Å². The van der Waals surface area contributed by atoms with E-state index in [2.05, 4.69) is 10.1 Å². The number of hydrogen-bond acceptors (Lipinski definition) is 5. The average Bonchev–Trinajstić information content (AvgIpc) is 2.49. The smallest absolute Gasteiger partial charge is 0.343 e. The van der Waals surface area contributed by atoms with E-state index in [0.29, 0.717) is 18.8 Å². The summed E-state index contributed by atoms with van der Waals surface area (Å²) in [6.07, 6.45) is 0. The summed E-state index contributed by atoms with van der Waals surface area (Å²) in [5.41, 5.74) is 6.30. The SMILES string of the molecule is COC(=O)COc1cccc(CNC(=O)C(C)CN)c1.Cl. The summed E-state index contributed by atoms with van der Waals surface area (Å²) in [6.45, 7) is 2.33. The lowest BCUT2D eigenvalue weighted by atomic mass is 10.1. The minimum absolute atomic E-state index is 0. The van der Waals surface area contributed by atoms with Gasteiger partial charge >= 0.3 is 5.97 Å². The Morgan fingerprint density at radius 2 is 2.10 bits per heavy atom. The van der Waals surface area contributed by atoms with Crippen LogP contribution in [0.5, 0.6) is 5.75 Å². The standard InChI is InChI=1S/C14H20N2O4.ClH/c1-10(7-15)14(18)16-8-11-4-3-5-12(6-11)20-9-13(17)19-2;/h3-6,10H,7-9,15H2,1-2H3,(H,16,18);1H. The number of benzene rings is 1. The van der Waals surface area contributed by atoms with E-state index < -0.39 is 5.97 Å². The molecule has 1 aromatic rings. The summed E-state index contributed by atoms with van der Waals surface area (Å²) < 4.78 is 9.75. The van der Waals surface area contributed by atoms with Crippen LogP contribution in [0.2, 0.25) is 0 Å². The summed E-state index contributed by atoms with van der Waals surface area (Å²) in [5, 5.41) is 2.79. The number of esters is 1. The third kappa shape index (κ3) is 6.97. The van der Waals surface area contributed by atoms with E-state index in [9.17, 15) is 9.59 Å². The quantitative estimate of drug-likeness (QED) is 0.728. The van der Waals surface area contributed by atoms with Crippen LogP contribution in [0.25, 0.3) is 0 Å². The Kier molecular flexibility index (Phi) is 9.16. The Morgan fingerprint density at radius 3 is 2.71 bits per heavy atom. The van der Waals surface area contributed by atoms with Gasteiger partial charge in [-0.2, -0.15) is 0 Å². The Hall–Kier alpha value is -1.79. The van der Waals surface area contributed by atoms with Crippen molar-refractivity contribution in [3.8, 4) is 5.75 Å². The molecule has 0 bridgehead atoms. The third-order valence-electron chi connectivity index (χ3n) is 2.75. The van der Waals surface area contributed by atoms with Gasteiger partial charge in [-0.05, 0) is 17.7 Å². The van der Waals surface area contributed by atoms with Crippen molar-refractivity contribution in [1.29, 1.82) is 0 Å². The molecule has 1 rings (SSSR count). The lowest BCUT2D eigenvalue weighted by molar-refractivity contribution is -0.142. The maximum Gasteiger partial charge on any atom is 0.343 e. The zero-order valence-corrected chi connectivity index (χ0v) is 12.9. The highest BCUT2D eigenvalue weighted by Gasteiger charge is 2.10. The summed E-state index contributed by atoms with van der Waals surface area (Å²) in [7, 11) is 1.30. The van der Waals surface area contributed by atoms with Crippen molar-refractivity contribution in [1.82, 2.24) is 5.32 Å². The molecule has 1 aromatic carbocycles. The maximum absolute atomic E-state index is 11.6. The highest BCUT2D eigenvalue weighted by atomic mass is 35.5. The lowest BCUT2D eigenvalue weighted by Gasteiger charge is -2.11. The maximum atomic E-state index is 11.6. The fourth-order valence-electron chi connectivity index (χ4n) is 1.42. The van der Waals surface area contributed by atoms with Gasteiger partial charge in [0.2, 0.25) is 5.91 Å². The first-order chi connectivity index (χ1) is 9.56. The zero-order chi connectivity index (χ0) is 15.0. The van der Waals surface area contributed by atoms with Crippen LogP contribution in [0.3, 0.4) is 0 Å². The Morgan fingerprint density at radius 1 is 1.38 bits per heavy atom. The van der Waals surface area contributed by atoms with Gasteiger partial charge in [0, 0.05) is 19.0 Å². The Labute approximate surface area is 130 Å². The van der Waals surface area contributed by atoms with Crippen molar-refractivity contribution in [3.63, 3.8) is 0 Å². The van der Waals surface area contributed by atoms with E-state index in [-0.39, 0.29) is 30.8 Å². The lowest BCUT2D eigenvalue weighted by Crippen LogP contribution is -2.32. The molecule has 0 aliphatic carbocycles. The monoisotopic (exact) mass is 316 g/mol. The number of nitrogens with one attached hydrogen (secondary N) is 1. The molecule has 1 atom stereocenters. The van der Waals surface area contributed by atoms with Crippen molar-refractivity contribution in [2.75, 3.05) is 20.3 Å². The molecule has 0 aromatic heterocycles. The molecule has 118 valence electrons. The number of rotatable bonds is 7. The normalized spacial score (nSPS) is 11.0. The number of ether oxygens (including phenoxy) is 2. The number of nitrogens with two attached hydrogens (primary N) is 1. The van der Waals surface area contributed by atoms with E-state index in [1.807, 2.05) is 6.07 Å². The predicted octanol–water partition coefficient (Wildman–Crippen LogP) is 0.871. The van der Waals surface area contributed by atoms with Gasteiger partial charge < -0.3 is 20.5 Å². The highest BCUT2D eigenvalue weighted by Crippen LogP contribution is 2.13. The molecule has 0 aliphatic rings. The molecule has 6 nitrogen and oxygen atoms in total. The Bertz CT molecular complexity index is 468. The van der Waals surface area contributed by atoms with Crippen LogP contribution in [-0.2, 0) is 20.9 Å². The van der Waals surface area contributed by atoms with Crippen LogP contribution in [0.4, 0.5) is 0 Å². The first kappa shape index (κ1) is 19.2. The number of halogens is 1. The molecule has 0 fully saturated rings. The van der Waals surface area contributed by atoms with Crippen LogP contribution in [0.1, 0.15) is 12.5 Å². The van der Waals surface area contributed by atoms with Crippen molar-refractivity contribution in [3.05, 3.63) is 29.8 Å². The molecule has 0 aliphatic heterocycles. The summed E-state index contributed by atoms with van der Waals surface area (Å²) >= 11 is 0. The van der Waals surface area contributed by atoms with E-state index in [1.165, 1.54) is 7.11 Å². The molecule has 21 heavy (non-hydrogen) atoms. The minimum Gasteiger partial charge on any atom is -0.482 e. The van der Waals surface area contributed by atoms with Gasteiger partial charge in [0.25, 0.3) is 0 Å². The summed E-state index contributed by atoms with van der Waals surface area (Å²) in [4.78, 5) is 22.6. The zero-order valence-electron chi connectivity index (χ0n) is 12.1. The molecular formula is C14H21ClN2O4. The summed E-state index contributed by atoms with van der Waals surface area (Å²) in [6, 6.07) is 7.14. The second kappa shape index (κ2) is 10.0. The van der Waals surface area contributed by atoms with E-state index in [4.69, 9.17) is 10.5 Å². The first-order valence-corrected chi connectivity index (χ1v) is 6.33. The van der Waals surface area contributed by atoms with Gasteiger partial charge in [-0.3, -0.25) is 4.79 Å². The van der Waals surface area contributed by atoms with Crippen LogP contribution in [0, 0.1) is 5.92 Å². The number of amides is 1. The molecular weight excluding hydrogens is 296 g/mol. The van der Waals surface area contributed by atoms with E-state index >= 15 is 0 Å². The van der Waals surface area contributed by atoms with Gasteiger partial charge in [0.05, 0.1) is 7.11 Å². The van der Waals surface area contributed by atoms with Crippen molar-refractivity contribution in [2.24, 2.45) is 11.7 Å². The van der Waals surface area contributed by atoms with Gasteiger partial charge in [0.1, 0.15) is 5.75 Å². The summed E-state index contributed by atoms with van der Waals surface area (Å²) in [5.74, 6) is -0.198. The fraction of sp³-hybridized carbons (Fsp3) is 0.429. The second-order valence-corrected chi connectivity index (χ2v) is 4.37. The molecule has 0 radical (unpaired) electrons. The van der Waals surface area contributed by atoms with Crippen molar-refractivity contribution in [2.45, 2.75) is 13.5 Å². The van der Waals surface area contributed by atoms with E-state index in [1.54, 1.807) is 25.1 Å². The van der Waals surface area contributed by atoms with Crippen LogP contribution in [-0.4, -0.2) is 32.1 Å². The average molecular weight is 317 g/mol. The van der Waals surface area contributed by atoms with E-state index in [0.717, 1.165) is 5.56 Å². The molecule has 0 saturated carbocycles. The first-order valence-electron chi connectivity index (χ1n) is 6.33.